The van der Waals surface area contributed by atoms with E-state index in [9.17, 15) is 5.26 Å². The van der Waals surface area contributed by atoms with Crippen molar-refractivity contribution in [2.24, 2.45) is 0 Å². The van der Waals surface area contributed by atoms with E-state index in [-0.39, 0.29) is 19.1 Å². The van der Waals surface area contributed by atoms with Gasteiger partial charge in [-0.25, -0.2) is 15.0 Å². The maximum atomic E-state index is 9.81. The number of hydrogen-bond acceptors (Lipinski definition) is 12. The summed E-state index contributed by atoms with van der Waals surface area (Å²) in [6, 6.07) is 38.7. The van der Waals surface area contributed by atoms with Crippen molar-refractivity contribution < 1.29 is 28.0 Å². The van der Waals surface area contributed by atoms with Crippen molar-refractivity contribution in [3.05, 3.63) is 144 Å². The van der Waals surface area contributed by atoms with Crippen LogP contribution in [0.1, 0.15) is 93.7 Å². The van der Waals surface area contributed by atoms with Gasteiger partial charge >= 0.3 is 0 Å². The Morgan fingerprint density at radius 1 is 0.828 bits per heavy atom. The molecule has 2 aromatic heterocycles. The van der Waals surface area contributed by atoms with E-state index in [4.69, 9.17) is 38.0 Å². The zero-order chi connectivity index (χ0) is 44.6. The molecule has 1 aliphatic heterocycles. The Labute approximate surface area is 378 Å². The predicted molar refractivity (Wildman–Crippen MR) is 250 cm³/mol. The van der Waals surface area contributed by atoms with Crippen LogP contribution in [-0.4, -0.2) is 65.2 Å². The maximum Gasteiger partial charge on any atom is 0.256 e. The molecule has 0 amide bonds. The van der Waals surface area contributed by atoms with E-state index in [1.165, 1.54) is 0 Å². The molecule has 13 nitrogen and oxygen atoms in total. The topological polar surface area (TPSA) is 147 Å². The van der Waals surface area contributed by atoms with Crippen LogP contribution in [0.2, 0.25) is 0 Å². The third-order valence-corrected chi connectivity index (χ3v) is 12.9. The first kappa shape index (κ1) is 46.5. The average Bonchev–Trinajstić information content (AvgIpc) is 3.96. The summed E-state index contributed by atoms with van der Waals surface area (Å²) >= 11 is 0. The lowest BCUT2D eigenvalue weighted by Crippen LogP contribution is -2.38. The standard InChI is InChI=1S/C50H60N7O6P/c1-5-7-11-20-43(29-30-51)62-64(56-31-8-6-2)63-44-32-46(57-36-55-47-48(53-35-54-49(47)57)52-33-37-16-12-9-13-17-37)61-45(44)34-60-50(38-18-14-10-15-19-38,39-21-25-41(58-3)26-22-39)40-23-27-42(59-4)28-24-40/h9-10,12-19,21-28,35-36,43-46,56H,5-8,11,20,29,31-34H2,1-4H3,(H,52,53,54). The van der Waals surface area contributed by atoms with Crippen molar-refractivity contribution in [1.82, 2.24) is 24.6 Å². The van der Waals surface area contributed by atoms with Gasteiger partial charge in [-0.1, -0.05) is 124 Å². The summed E-state index contributed by atoms with van der Waals surface area (Å²) in [5.41, 5.74) is 4.06. The molecule has 1 fully saturated rings. The van der Waals surface area contributed by atoms with Gasteiger partial charge in [-0.3, -0.25) is 9.65 Å². The quantitative estimate of drug-likeness (QED) is 0.0320. The van der Waals surface area contributed by atoms with Crippen LogP contribution in [0.3, 0.4) is 0 Å². The molecular weight excluding hydrogens is 826 g/mol. The van der Waals surface area contributed by atoms with Gasteiger partial charge in [-0.2, -0.15) is 5.26 Å². The fourth-order valence-electron chi connectivity index (χ4n) is 8.01. The van der Waals surface area contributed by atoms with E-state index < -0.39 is 32.6 Å². The minimum absolute atomic E-state index is 0.135. The van der Waals surface area contributed by atoms with Gasteiger partial charge < -0.3 is 33.3 Å². The number of nitrogens with one attached hydrogen (secondary N) is 2. The van der Waals surface area contributed by atoms with E-state index in [0.29, 0.717) is 36.5 Å². The van der Waals surface area contributed by atoms with E-state index in [2.05, 4.69) is 59.6 Å². The monoisotopic (exact) mass is 885 g/mol. The normalized spacial score (nSPS) is 17.2. The van der Waals surface area contributed by atoms with Crippen molar-refractivity contribution in [3.63, 3.8) is 0 Å². The number of imidazole rings is 1. The van der Waals surface area contributed by atoms with Gasteiger partial charge in [0, 0.05) is 19.5 Å². The average molecular weight is 886 g/mol. The van der Waals surface area contributed by atoms with Gasteiger partial charge in [0.25, 0.3) is 8.53 Å². The molecule has 6 aromatic rings. The van der Waals surface area contributed by atoms with Crippen LogP contribution in [0.25, 0.3) is 11.2 Å². The van der Waals surface area contributed by atoms with Gasteiger partial charge in [0.1, 0.15) is 35.8 Å². The van der Waals surface area contributed by atoms with E-state index in [1.54, 1.807) is 26.9 Å². The van der Waals surface area contributed by atoms with Crippen LogP contribution in [0.15, 0.2) is 122 Å². The largest absolute Gasteiger partial charge is 0.497 e. The van der Waals surface area contributed by atoms with Gasteiger partial charge in [0.2, 0.25) is 0 Å². The molecule has 0 spiro atoms. The number of benzene rings is 4. The summed E-state index contributed by atoms with van der Waals surface area (Å²) < 4.78 is 41.4. The fraction of sp³-hybridized carbons (Fsp3) is 0.400. The highest BCUT2D eigenvalue weighted by Crippen LogP contribution is 2.47. The van der Waals surface area contributed by atoms with E-state index >= 15 is 0 Å². The molecular formula is C50H60N7O6P. The van der Waals surface area contributed by atoms with Crippen LogP contribution >= 0.6 is 8.53 Å². The number of methoxy groups -OCH3 is 2. The summed E-state index contributed by atoms with van der Waals surface area (Å²) in [5.74, 6) is 2.10. The Bertz CT molecular complexity index is 2300. The summed E-state index contributed by atoms with van der Waals surface area (Å²) in [5, 5.41) is 16.8. The van der Waals surface area contributed by atoms with Crippen molar-refractivity contribution >= 4 is 25.5 Å². The lowest BCUT2D eigenvalue weighted by molar-refractivity contribution is -0.0907. The number of aromatic nitrogens is 4. The molecule has 0 saturated carbocycles. The van der Waals surface area contributed by atoms with Crippen molar-refractivity contribution in [2.45, 2.75) is 102 Å². The van der Waals surface area contributed by atoms with Crippen molar-refractivity contribution in [2.75, 3.05) is 32.7 Å². The molecule has 64 heavy (non-hydrogen) atoms. The zero-order valence-electron chi connectivity index (χ0n) is 37.3. The number of ether oxygens (including phenoxy) is 4. The first-order valence-electron chi connectivity index (χ1n) is 22.3. The Balaban J connectivity index is 1.25. The molecule has 3 heterocycles. The second-order valence-corrected chi connectivity index (χ2v) is 17.1. The van der Waals surface area contributed by atoms with Gasteiger partial charge in [0.15, 0.2) is 17.0 Å². The number of rotatable bonds is 25. The molecule has 1 aliphatic rings. The number of unbranched alkanes of at least 4 members (excludes halogenated alkanes) is 3. The number of nitrogens with zero attached hydrogens (tertiary/aromatic N) is 5. The molecule has 0 bridgehead atoms. The number of nitriles is 1. The lowest BCUT2D eigenvalue weighted by atomic mass is 9.80. The van der Waals surface area contributed by atoms with E-state index in [1.807, 2.05) is 89.5 Å². The fourth-order valence-corrected chi connectivity index (χ4v) is 9.47. The van der Waals surface area contributed by atoms with Crippen molar-refractivity contribution in [1.29, 1.82) is 5.26 Å². The minimum atomic E-state index is -1.63. The summed E-state index contributed by atoms with van der Waals surface area (Å²) in [4.78, 5) is 14.1. The third kappa shape index (κ3) is 11.4. The third-order valence-electron chi connectivity index (χ3n) is 11.5. The molecule has 2 N–H and O–H groups in total. The Morgan fingerprint density at radius 3 is 2.12 bits per heavy atom. The number of anilines is 1. The van der Waals surface area contributed by atoms with Crippen LogP contribution in [0, 0.1) is 11.3 Å². The molecule has 14 heteroatoms. The maximum absolute atomic E-state index is 9.81. The van der Waals surface area contributed by atoms with Gasteiger partial charge in [0.05, 0.1) is 51.9 Å². The summed E-state index contributed by atoms with van der Waals surface area (Å²) in [7, 11) is 1.69. The molecule has 7 rings (SSSR count). The molecule has 0 aliphatic carbocycles. The molecule has 1 saturated heterocycles. The van der Waals surface area contributed by atoms with Crippen LogP contribution in [0.4, 0.5) is 5.82 Å². The molecule has 0 radical (unpaired) electrons. The van der Waals surface area contributed by atoms with Gasteiger partial charge in [-0.15, -0.1) is 0 Å². The minimum Gasteiger partial charge on any atom is -0.497 e. The Morgan fingerprint density at radius 2 is 1.48 bits per heavy atom. The smallest absolute Gasteiger partial charge is 0.256 e. The second-order valence-electron chi connectivity index (χ2n) is 15.8. The zero-order valence-corrected chi connectivity index (χ0v) is 38.2. The second kappa shape index (κ2) is 23.5. The van der Waals surface area contributed by atoms with E-state index in [0.717, 1.165) is 72.3 Å². The summed E-state index contributed by atoms with van der Waals surface area (Å²) in [6.07, 6.45) is 8.07. The molecule has 336 valence electrons. The highest BCUT2D eigenvalue weighted by atomic mass is 31.2. The highest BCUT2D eigenvalue weighted by Gasteiger charge is 2.44. The summed E-state index contributed by atoms with van der Waals surface area (Å²) in [6.45, 7) is 5.76. The predicted octanol–water partition coefficient (Wildman–Crippen LogP) is 10.6. The van der Waals surface area contributed by atoms with Gasteiger partial charge in [-0.05, 0) is 59.4 Å². The first-order chi connectivity index (χ1) is 31.5. The van der Waals surface area contributed by atoms with Crippen LogP contribution in [-0.2, 0) is 30.7 Å². The Hall–Kier alpha value is -5.45. The van der Waals surface area contributed by atoms with Crippen molar-refractivity contribution in [3.8, 4) is 17.6 Å². The Kier molecular flexibility index (Phi) is 17.1. The SMILES string of the molecule is CCCCCC(CC#N)OP(NCCCC)OC1CC(n2cnc3c(NCc4ccccc4)ncnc32)OC1COC(c1ccccc1)(c1ccc(OC)cc1)c1ccc(OC)cc1. The lowest BCUT2D eigenvalue weighted by Gasteiger charge is -2.37. The highest BCUT2D eigenvalue weighted by molar-refractivity contribution is 7.45. The molecule has 5 atom stereocenters. The van der Waals surface area contributed by atoms with Crippen LogP contribution < -0.4 is 19.9 Å². The molecule has 4 aromatic carbocycles. The molecule has 5 unspecified atom stereocenters. The first-order valence-corrected chi connectivity index (χ1v) is 23.5. The van der Waals surface area contributed by atoms with Crippen LogP contribution in [0.5, 0.6) is 11.5 Å². The number of hydrogen-bond donors (Lipinski definition) is 2. The number of fused-ring (bicyclic) bond motifs is 1.